The van der Waals surface area contributed by atoms with Crippen LogP contribution in [-0.2, 0) is 14.2 Å². The average molecular weight is 203 g/mol. The fraction of sp³-hybridized carbons (Fsp3) is 1.00. The van der Waals surface area contributed by atoms with Crippen LogP contribution in [0.15, 0.2) is 0 Å². The molecule has 1 aliphatic heterocycles. The molecule has 0 N–H and O–H groups in total. The van der Waals surface area contributed by atoms with E-state index in [-0.39, 0.29) is 6.29 Å². The molecule has 1 atom stereocenters. The van der Waals surface area contributed by atoms with Gasteiger partial charge in [0.05, 0.1) is 12.7 Å². The summed E-state index contributed by atoms with van der Waals surface area (Å²) < 4.78 is 15.9. The number of hydrogen-bond acceptors (Lipinski definition) is 4. The summed E-state index contributed by atoms with van der Waals surface area (Å²) in [5, 5.41) is 0. The highest BCUT2D eigenvalue weighted by molar-refractivity contribution is 4.71. The van der Waals surface area contributed by atoms with E-state index in [0.717, 1.165) is 32.7 Å². The lowest BCUT2D eigenvalue weighted by molar-refractivity contribution is -0.130. The molecule has 0 radical (unpaired) electrons. The van der Waals surface area contributed by atoms with Crippen LogP contribution in [-0.4, -0.2) is 57.8 Å². The van der Waals surface area contributed by atoms with E-state index in [2.05, 4.69) is 11.8 Å². The maximum absolute atomic E-state index is 5.58. The van der Waals surface area contributed by atoms with Crippen molar-refractivity contribution in [2.75, 3.05) is 40.5 Å². The van der Waals surface area contributed by atoms with Crippen molar-refractivity contribution in [3.05, 3.63) is 0 Å². The lowest BCUT2D eigenvalue weighted by atomic mass is 10.2. The lowest BCUT2D eigenvalue weighted by Crippen LogP contribution is -2.46. The van der Waals surface area contributed by atoms with Gasteiger partial charge in [-0.2, -0.15) is 0 Å². The minimum absolute atomic E-state index is 0.120. The van der Waals surface area contributed by atoms with Gasteiger partial charge in [-0.3, -0.25) is 4.90 Å². The molecule has 0 spiro atoms. The van der Waals surface area contributed by atoms with Crippen molar-refractivity contribution in [2.45, 2.75) is 25.7 Å². The molecule has 1 heterocycles. The van der Waals surface area contributed by atoms with E-state index in [1.165, 1.54) is 0 Å². The number of methoxy groups -OCH3 is 2. The van der Waals surface area contributed by atoms with Crippen LogP contribution in [0.5, 0.6) is 0 Å². The number of ether oxygens (including phenoxy) is 3. The first-order valence-electron chi connectivity index (χ1n) is 5.19. The molecule has 0 saturated carbocycles. The molecule has 0 aromatic rings. The van der Waals surface area contributed by atoms with Crippen molar-refractivity contribution in [2.24, 2.45) is 0 Å². The maximum atomic E-state index is 5.58. The number of rotatable bonds is 5. The first-order valence-corrected chi connectivity index (χ1v) is 5.19. The second kappa shape index (κ2) is 6.35. The monoisotopic (exact) mass is 203 g/mol. The molecule has 0 aromatic carbocycles. The normalized spacial score (nSPS) is 24.4. The van der Waals surface area contributed by atoms with Crippen LogP contribution >= 0.6 is 0 Å². The molecular weight excluding hydrogens is 182 g/mol. The van der Waals surface area contributed by atoms with Crippen LogP contribution in [0, 0.1) is 0 Å². The Morgan fingerprint density at radius 2 is 2.14 bits per heavy atom. The average Bonchev–Trinajstić information content (AvgIpc) is 2.26. The SMILES string of the molecule is CCC1CN(CC(OC)OC)CCO1. The van der Waals surface area contributed by atoms with Crippen molar-refractivity contribution in [3.63, 3.8) is 0 Å². The Morgan fingerprint density at radius 3 is 2.71 bits per heavy atom. The Balaban J connectivity index is 2.29. The highest BCUT2D eigenvalue weighted by Gasteiger charge is 2.21. The van der Waals surface area contributed by atoms with Crippen LogP contribution in [0.2, 0.25) is 0 Å². The molecule has 1 aliphatic rings. The van der Waals surface area contributed by atoms with Gasteiger partial charge >= 0.3 is 0 Å². The largest absolute Gasteiger partial charge is 0.376 e. The van der Waals surface area contributed by atoms with E-state index in [4.69, 9.17) is 14.2 Å². The smallest absolute Gasteiger partial charge is 0.169 e. The Bertz CT molecular complexity index is 150. The third-order valence-electron chi connectivity index (χ3n) is 2.61. The standard InChI is InChI=1S/C10H21NO3/c1-4-9-7-11(5-6-14-9)8-10(12-2)13-3/h9-10H,4-8H2,1-3H3. The first-order chi connectivity index (χ1) is 6.80. The summed E-state index contributed by atoms with van der Waals surface area (Å²) in [5.74, 6) is 0. The fourth-order valence-corrected chi connectivity index (χ4v) is 1.65. The van der Waals surface area contributed by atoms with Gasteiger partial charge in [0.25, 0.3) is 0 Å². The van der Waals surface area contributed by atoms with E-state index in [1.54, 1.807) is 14.2 Å². The molecule has 0 aliphatic carbocycles. The van der Waals surface area contributed by atoms with Crippen LogP contribution in [0.1, 0.15) is 13.3 Å². The van der Waals surface area contributed by atoms with Crippen molar-refractivity contribution in [1.29, 1.82) is 0 Å². The predicted molar refractivity (Wildman–Crippen MR) is 54.3 cm³/mol. The molecular formula is C10H21NO3. The second-order valence-electron chi connectivity index (χ2n) is 3.56. The van der Waals surface area contributed by atoms with Crippen molar-refractivity contribution in [3.8, 4) is 0 Å². The van der Waals surface area contributed by atoms with Crippen LogP contribution in [0.25, 0.3) is 0 Å². The van der Waals surface area contributed by atoms with Gasteiger partial charge in [-0.25, -0.2) is 0 Å². The quantitative estimate of drug-likeness (QED) is 0.616. The Kier molecular flexibility index (Phi) is 5.40. The van der Waals surface area contributed by atoms with E-state index in [1.807, 2.05) is 0 Å². The van der Waals surface area contributed by atoms with Gasteiger partial charge in [-0.15, -0.1) is 0 Å². The van der Waals surface area contributed by atoms with E-state index < -0.39 is 0 Å². The van der Waals surface area contributed by atoms with Crippen LogP contribution in [0.3, 0.4) is 0 Å². The molecule has 1 fully saturated rings. The van der Waals surface area contributed by atoms with Gasteiger partial charge in [-0.05, 0) is 6.42 Å². The van der Waals surface area contributed by atoms with Gasteiger partial charge < -0.3 is 14.2 Å². The minimum atomic E-state index is -0.120. The summed E-state index contributed by atoms with van der Waals surface area (Å²) in [6.07, 6.45) is 1.32. The molecule has 4 heteroatoms. The van der Waals surface area contributed by atoms with Gasteiger partial charge in [-0.1, -0.05) is 6.92 Å². The number of hydrogen-bond donors (Lipinski definition) is 0. The molecule has 1 saturated heterocycles. The molecule has 14 heavy (non-hydrogen) atoms. The Morgan fingerprint density at radius 1 is 1.43 bits per heavy atom. The van der Waals surface area contributed by atoms with Crippen LogP contribution in [0.4, 0.5) is 0 Å². The molecule has 1 rings (SSSR count). The minimum Gasteiger partial charge on any atom is -0.376 e. The molecule has 4 nitrogen and oxygen atoms in total. The summed E-state index contributed by atoms with van der Waals surface area (Å²) in [7, 11) is 3.35. The van der Waals surface area contributed by atoms with E-state index in [9.17, 15) is 0 Å². The van der Waals surface area contributed by atoms with Crippen molar-refractivity contribution >= 4 is 0 Å². The third-order valence-corrected chi connectivity index (χ3v) is 2.61. The summed E-state index contributed by atoms with van der Waals surface area (Å²) >= 11 is 0. The molecule has 1 unspecified atom stereocenters. The predicted octanol–water partition coefficient (Wildman–Crippen LogP) is 0.716. The fourth-order valence-electron chi connectivity index (χ4n) is 1.65. The van der Waals surface area contributed by atoms with Gasteiger partial charge in [0.2, 0.25) is 0 Å². The van der Waals surface area contributed by atoms with Gasteiger partial charge in [0.15, 0.2) is 6.29 Å². The summed E-state index contributed by atoms with van der Waals surface area (Å²) in [5.41, 5.74) is 0. The molecule has 0 aromatic heterocycles. The summed E-state index contributed by atoms with van der Waals surface area (Å²) in [6, 6.07) is 0. The summed E-state index contributed by atoms with van der Waals surface area (Å²) in [4.78, 5) is 2.33. The third kappa shape index (κ3) is 3.53. The van der Waals surface area contributed by atoms with E-state index >= 15 is 0 Å². The molecule has 0 amide bonds. The number of nitrogens with zero attached hydrogens (tertiary/aromatic N) is 1. The van der Waals surface area contributed by atoms with Crippen molar-refractivity contribution in [1.82, 2.24) is 4.90 Å². The zero-order valence-electron chi connectivity index (χ0n) is 9.36. The molecule has 84 valence electrons. The van der Waals surface area contributed by atoms with Gasteiger partial charge in [0, 0.05) is 33.9 Å². The topological polar surface area (TPSA) is 30.9 Å². The lowest BCUT2D eigenvalue weighted by Gasteiger charge is -2.33. The highest BCUT2D eigenvalue weighted by Crippen LogP contribution is 2.09. The Hall–Kier alpha value is -0.160. The maximum Gasteiger partial charge on any atom is 0.169 e. The summed E-state index contributed by atoms with van der Waals surface area (Å²) in [6.45, 7) is 5.75. The Labute approximate surface area is 86.1 Å². The highest BCUT2D eigenvalue weighted by atomic mass is 16.7. The van der Waals surface area contributed by atoms with Crippen molar-refractivity contribution < 1.29 is 14.2 Å². The number of morpholine rings is 1. The first kappa shape index (κ1) is 11.9. The van der Waals surface area contributed by atoms with Gasteiger partial charge in [0.1, 0.15) is 0 Å². The zero-order valence-corrected chi connectivity index (χ0v) is 9.36. The van der Waals surface area contributed by atoms with Crippen LogP contribution < -0.4 is 0 Å². The second-order valence-corrected chi connectivity index (χ2v) is 3.56. The van der Waals surface area contributed by atoms with E-state index in [0.29, 0.717) is 6.10 Å². The molecule has 0 bridgehead atoms. The zero-order chi connectivity index (χ0) is 10.4.